The first-order valence-corrected chi connectivity index (χ1v) is 13.3. The second-order valence-corrected chi connectivity index (χ2v) is 9.79. The minimum absolute atomic E-state index is 0.0679. The molecule has 0 spiro atoms. The Morgan fingerprint density at radius 1 is 0.974 bits per heavy atom. The van der Waals surface area contributed by atoms with Gasteiger partial charge in [-0.2, -0.15) is 9.97 Å². The molecule has 3 N–H and O–H groups in total. The predicted octanol–water partition coefficient (Wildman–Crippen LogP) is 2.88. The van der Waals surface area contributed by atoms with E-state index < -0.39 is 0 Å². The molecule has 1 fully saturated rings. The van der Waals surface area contributed by atoms with Crippen LogP contribution in [0, 0.1) is 0 Å². The van der Waals surface area contributed by atoms with Crippen molar-refractivity contribution in [3.63, 3.8) is 0 Å². The minimum atomic E-state index is -0.244. The third-order valence-electron chi connectivity index (χ3n) is 5.90. The number of nitrogens with zero attached hydrogens (tertiary/aromatic N) is 4. The first kappa shape index (κ1) is 27.6. The second kappa shape index (κ2) is 14.0. The first-order valence-electron chi connectivity index (χ1n) is 12.5. The quantitative estimate of drug-likeness (QED) is 0.263. The van der Waals surface area contributed by atoms with Crippen LogP contribution in [0.5, 0.6) is 11.8 Å². The van der Waals surface area contributed by atoms with Gasteiger partial charge in [-0.25, -0.2) is 0 Å². The average molecular weight is 539 g/mol. The molecule has 202 valence electrons. The van der Waals surface area contributed by atoms with Gasteiger partial charge in [-0.05, 0) is 48.6 Å². The number of carbonyl (C=O) groups is 1. The lowest BCUT2D eigenvalue weighted by atomic mass is 10.2. The highest BCUT2D eigenvalue weighted by atomic mass is 32.2. The largest absolute Gasteiger partial charge is 0.474 e. The van der Waals surface area contributed by atoms with Crippen LogP contribution < -0.4 is 25.4 Å². The summed E-state index contributed by atoms with van der Waals surface area (Å²) in [6.45, 7) is 4.54. The summed E-state index contributed by atoms with van der Waals surface area (Å²) < 4.78 is 17.6. The number of carbonyl (C=O) groups excluding carboxylic acids is 1. The van der Waals surface area contributed by atoms with Gasteiger partial charge < -0.3 is 35.1 Å². The van der Waals surface area contributed by atoms with E-state index in [1.165, 1.54) is 11.8 Å². The van der Waals surface area contributed by atoms with Crippen molar-refractivity contribution in [1.29, 1.82) is 0 Å². The summed E-state index contributed by atoms with van der Waals surface area (Å²) in [6.07, 6.45) is 0. The number of nitrogens with two attached hydrogens (primary N) is 1. The molecule has 0 unspecified atom stereocenters. The molecule has 38 heavy (non-hydrogen) atoms. The predicted molar refractivity (Wildman–Crippen MR) is 148 cm³/mol. The van der Waals surface area contributed by atoms with E-state index in [9.17, 15) is 4.79 Å². The van der Waals surface area contributed by atoms with E-state index in [2.05, 4.69) is 22.2 Å². The van der Waals surface area contributed by atoms with E-state index in [1.807, 2.05) is 54.6 Å². The van der Waals surface area contributed by atoms with Crippen molar-refractivity contribution in [3.8, 4) is 11.8 Å². The fraction of sp³-hybridized carbons (Fsp3) is 0.370. The minimum Gasteiger partial charge on any atom is -0.474 e. The number of methoxy groups -OCH3 is 1. The zero-order valence-corrected chi connectivity index (χ0v) is 22.6. The van der Waals surface area contributed by atoms with Crippen molar-refractivity contribution in [1.82, 2.24) is 14.9 Å². The molecule has 0 saturated carbocycles. The molecular formula is C27H34N6O4S. The number of piperazine rings is 1. The number of amides is 1. The number of aromatic nitrogens is 2. The zero-order valence-electron chi connectivity index (χ0n) is 21.8. The SMILES string of the molecule is COCCOc1nc(Sc2ccc(NC(=O)CN)cc2)nc(OCc2ccccc2)c1N1CCN(C)CC1. The lowest BCUT2D eigenvalue weighted by Crippen LogP contribution is -2.45. The van der Waals surface area contributed by atoms with Crippen molar-refractivity contribution < 1.29 is 19.0 Å². The van der Waals surface area contributed by atoms with Crippen molar-refractivity contribution in [2.75, 3.05) is 70.3 Å². The third kappa shape index (κ3) is 7.81. The van der Waals surface area contributed by atoms with Crippen molar-refractivity contribution in [3.05, 3.63) is 60.2 Å². The number of rotatable bonds is 12. The van der Waals surface area contributed by atoms with Gasteiger partial charge >= 0.3 is 0 Å². The van der Waals surface area contributed by atoms with Gasteiger partial charge in [0.15, 0.2) is 10.8 Å². The fourth-order valence-corrected chi connectivity index (χ4v) is 4.56. The first-order chi connectivity index (χ1) is 18.6. The molecule has 2 aromatic carbocycles. The third-order valence-corrected chi connectivity index (χ3v) is 6.77. The highest BCUT2D eigenvalue weighted by Crippen LogP contribution is 2.39. The Bertz CT molecular complexity index is 1170. The topological polar surface area (TPSA) is 115 Å². The molecule has 2 heterocycles. The van der Waals surface area contributed by atoms with Gasteiger partial charge in [0, 0.05) is 43.9 Å². The summed E-state index contributed by atoms with van der Waals surface area (Å²) in [5.41, 5.74) is 7.86. The Morgan fingerprint density at radius 3 is 2.32 bits per heavy atom. The normalized spacial score (nSPS) is 13.8. The number of anilines is 2. The van der Waals surface area contributed by atoms with Crippen LogP contribution in [0.3, 0.4) is 0 Å². The molecule has 4 rings (SSSR count). The maximum atomic E-state index is 11.6. The van der Waals surface area contributed by atoms with Crippen LogP contribution >= 0.6 is 11.8 Å². The molecule has 0 aliphatic carbocycles. The maximum absolute atomic E-state index is 11.6. The standard InChI is InChI=1S/C27H34N6O4S/c1-32-12-14-33(15-13-32)24-25(36-17-16-35-2)30-27(31-26(24)37-19-20-6-4-3-5-7-20)38-22-10-8-21(9-11-22)29-23(34)18-28/h3-11H,12-19,28H2,1-2H3,(H,29,34). The Morgan fingerprint density at radius 2 is 1.66 bits per heavy atom. The summed E-state index contributed by atoms with van der Waals surface area (Å²) in [4.78, 5) is 26.6. The van der Waals surface area contributed by atoms with Crippen LogP contribution in [-0.4, -0.2) is 80.9 Å². The second-order valence-electron chi connectivity index (χ2n) is 8.75. The number of benzene rings is 2. The Hall–Kier alpha value is -3.38. The highest BCUT2D eigenvalue weighted by Gasteiger charge is 2.26. The van der Waals surface area contributed by atoms with Gasteiger partial charge in [-0.3, -0.25) is 4.79 Å². The Balaban J connectivity index is 1.64. The molecule has 1 amide bonds. The van der Waals surface area contributed by atoms with Crippen molar-refractivity contribution in [2.24, 2.45) is 5.73 Å². The molecular weight excluding hydrogens is 504 g/mol. The van der Waals surface area contributed by atoms with E-state index in [4.69, 9.17) is 29.9 Å². The summed E-state index contributed by atoms with van der Waals surface area (Å²) in [7, 11) is 3.75. The van der Waals surface area contributed by atoms with Gasteiger partial charge in [-0.1, -0.05) is 30.3 Å². The van der Waals surface area contributed by atoms with Crippen LogP contribution in [0.15, 0.2) is 64.6 Å². The number of ether oxygens (including phenoxy) is 3. The van der Waals surface area contributed by atoms with E-state index in [0.29, 0.717) is 42.4 Å². The van der Waals surface area contributed by atoms with E-state index >= 15 is 0 Å². The monoisotopic (exact) mass is 538 g/mol. The fourth-order valence-electron chi connectivity index (χ4n) is 3.81. The average Bonchev–Trinajstić information content (AvgIpc) is 2.94. The van der Waals surface area contributed by atoms with Crippen molar-refractivity contribution in [2.45, 2.75) is 16.7 Å². The van der Waals surface area contributed by atoms with Crippen LogP contribution in [0.4, 0.5) is 11.4 Å². The summed E-state index contributed by atoms with van der Waals surface area (Å²) in [6, 6.07) is 17.4. The molecule has 1 aliphatic rings. The van der Waals surface area contributed by atoms with Crippen LogP contribution in [0.1, 0.15) is 5.56 Å². The molecule has 0 atom stereocenters. The molecule has 1 aromatic heterocycles. The molecule has 10 nitrogen and oxygen atoms in total. The Kier molecular flexibility index (Phi) is 10.2. The van der Waals surface area contributed by atoms with E-state index in [1.54, 1.807) is 7.11 Å². The number of likely N-dealkylation sites (N-methyl/N-ethyl adjacent to an activating group) is 1. The molecule has 1 aliphatic heterocycles. The zero-order chi connectivity index (χ0) is 26.7. The van der Waals surface area contributed by atoms with Crippen molar-refractivity contribution >= 4 is 29.0 Å². The number of hydrogen-bond donors (Lipinski definition) is 2. The van der Waals surface area contributed by atoms with Gasteiger partial charge in [0.1, 0.15) is 13.2 Å². The maximum Gasteiger partial charge on any atom is 0.246 e. The Labute approximate surface area is 227 Å². The molecule has 0 bridgehead atoms. The smallest absolute Gasteiger partial charge is 0.246 e. The summed E-state index contributed by atoms with van der Waals surface area (Å²) in [5, 5.41) is 3.24. The molecule has 3 aromatic rings. The highest BCUT2D eigenvalue weighted by molar-refractivity contribution is 7.99. The molecule has 0 radical (unpaired) electrons. The lowest BCUT2D eigenvalue weighted by molar-refractivity contribution is -0.114. The summed E-state index contributed by atoms with van der Waals surface area (Å²) in [5.74, 6) is 0.709. The van der Waals surface area contributed by atoms with Gasteiger partial charge in [0.05, 0.1) is 13.2 Å². The van der Waals surface area contributed by atoms with Crippen LogP contribution in [0.25, 0.3) is 0 Å². The van der Waals surface area contributed by atoms with Crippen LogP contribution in [0.2, 0.25) is 0 Å². The van der Waals surface area contributed by atoms with Crippen LogP contribution in [-0.2, 0) is 16.1 Å². The molecule has 11 heteroatoms. The number of nitrogens with one attached hydrogen (secondary N) is 1. The lowest BCUT2D eigenvalue weighted by Gasteiger charge is -2.35. The van der Waals surface area contributed by atoms with Gasteiger partial charge in [0.2, 0.25) is 17.7 Å². The van der Waals surface area contributed by atoms with E-state index in [-0.39, 0.29) is 12.5 Å². The van der Waals surface area contributed by atoms with Gasteiger partial charge in [0.25, 0.3) is 0 Å². The summed E-state index contributed by atoms with van der Waals surface area (Å²) >= 11 is 1.39. The van der Waals surface area contributed by atoms with E-state index in [0.717, 1.165) is 42.3 Å². The number of hydrogen-bond acceptors (Lipinski definition) is 10. The molecule has 1 saturated heterocycles. The van der Waals surface area contributed by atoms with Gasteiger partial charge in [-0.15, -0.1) is 0 Å².